The number of nitriles is 1. The van der Waals surface area contributed by atoms with E-state index >= 15 is 0 Å². The molecule has 4 nitrogen and oxygen atoms in total. The predicted octanol–water partition coefficient (Wildman–Crippen LogP) is 3.72. The van der Waals surface area contributed by atoms with Crippen LogP contribution in [0.4, 0.5) is 11.4 Å². The first-order valence-corrected chi connectivity index (χ1v) is 7.05. The molecule has 2 aromatic carbocycles. The summed E-state index contributed by atoms with van der Waals surface area (Å²) in [4.78, 5) is 11.8. The second-order valence-corrected chi connectivity index (χ2v) is 4.85. The summed E-state index contributed by atoms with van der Waals surface area (Å²) in [6.07, 6.45) is 1.91. The minimum Gasteiger partial charge on any atom is -0.478 e. The van der Waals surface area contributed by atoms with Crippen molar-refractivity contribution < 1.29 is 9.90 Å². The smallest absolute Gasteiger partial charge is 0.335 e. The fourth-order valence-electron chi connectivity index (χ4n) is 1.81. The highest BCUT2D eigenvalue weighted by Crippen LogP contribution is 2.28. The molecule has 0 atom stereocenters. The molecule has 100 valence electrons. The topological polar surface area (TPSA) is 73.1 Å². The highest BCUT2D eigenvalue weighted by atomic mass is 32.2. The molecular formula is C15H12N2O2S. The fraction of sp³-hybridized carbons (Fsp3) is 0.0667. The lowest BCUT2D eigenvalue weighted by Gasteiger charge is -2.11. The summed E-state index contributed by atoms with van der Waals surface area (Å²) in [6, 6.07) is 14.2. The Morgan fingerprint density at radius 1 is 1.30 bits per heavy atom. The number of nitrogens with zero attached hydrogens (tertiary/aromatic N) is 1. The van der Waals surface area contributed by atoms with Gasteiger partial charge < -0.3 is 10.4 Å². The van der Waals surface area contributed by atoms with Crippen LogP contribution in [0.1, 0.15) is 15.9 Å². The number of carboxylic acid groups (broad SMARTS) is 1. The normalized spacial score (nSPS) is 9.80. The van der Waals surface area contributed by atoms with Gasteiger partial charge in [-0.05, 0) is 36.6 Å². The third kappa shape index (κ3) is 2.92. The Kier molecular flexibility index (Phi) is 4.28. The van der Waals surface area contributed by atoms with E-state index in [0.717, 1.165) is 4.90 Å². The first kappa shape index (κ1) is 14.0. The maximum Gasteiger partial charge on any atom is 0.335 e. The molecule has 0 aliphatic carbocycles. The van der Waals surface area contributed by atoms with E-state index in [4.69, 9.17) is 5.11 Å². The fourth-order valence-corrected chi connectivity index (χ4v) is 2.38. The van der Waals surface area contributed by atoms with Crippen LogP contribution in [0.2, 0.25) is 0 Å². The van der Waals surface area contributed by atoms with E-state index in [0.29, 0.717) is 16.9 Å². The maximum absolute atomic E-state index is 10.9. The molecular weight excluding hydrogens is 272 g/mol. The summed E-state index contributed by atoms with van der Waals surface area (Å²) >= 11 is 1.50. The van der Waals surface area contributed by atoms with E-state index < -0.39 is 5.97 Å². The van der Waals surface area contributed by atoms with Gasteiger partial charge in [0.1, 0.15) is 6.07 Å². The van der Waals surface area contributed by atoms with Crippen LogP contribution in [0.3, 0.4) is 0 Å². The van der Waals surface area contributed by atoms with Crippen LogP contribution in [-0.4, -0.2) is 17.3 Å². The molecule has 0 aliphatic heterocycles. The Balaban J connectivity index is 2.38. The van der Waals surface area contributed by atoms with Gasteiger partial charge in [-0.25, -0.2) is 4.79 Å². The number of carboxylic acids is 1. The molecule has 0 unspecified atom stereocenters. The maximum atomic E-state index is 10.9. The molecule has 0 fully saturated rings. The van der Waals surface area contributed by atoms with Gasteiger partial charge in [0.25, 0.3) is 0 Å². The van der Waals surface area contributed by atoms with Gasteiger partial charge in [0.05, 0.1) is 16.8 Å². The van der Waals surface area contributed by atoms with Crippen LogP contribution in [0.25, 0.3) is 0 Å². The molecule has 20 heavy (non-hydrogen) atoms. The third-order valence-corrected chi connectivity index (χ3v) is 3.53. The molecule has 0 spiro atoms. The Morgan fingerprint density at radius 3 is 2.70 bits per heavy atom. The van der Waals surface area contributed by atoms with Crippen molar-refractivity contribution in [1.82, 2.24) is 0 Å². The molecule has 0 amide bonds. The zero-order valence-electron chi connectivity index (χ0n) is 10.8. The van der Waals surface area contributed by atoms with E-state index in [2.05, 4.69) is 11.4 Å². The van der Waals surface area contributed by atoms with Crippen molar-refractivity contribution in [3.63, 3.8) is 0 Å². The first-order chi connectivity index (χ1) is 9.65. The van der Waals surface area contributed by atoms with Gasteiger partial charge in [0.15, 0.2) is 0 Å². The van der Waals surface area contributed by atoms with Gasteiger partial charge >= 0.3 is 5.97 Å². The summed E-state index contributed by atoms with van der Waals surface area (Å²) in [5.41, 5.74) is 2.07. The summed E-state index contributed by atoms with van der Waals surface area (Å²) in [7, 11) is 0. The van der Waals surface area contributed by atoms with Crippen molar-refractivity contribution in [3.05, 3.63) is 53.6 Å². The standard InChI is InChI=1S/C15H12N2O2S/c1-20-14-7-3-6-13(12(14)9-16)17-11-5-2-4-10(8-11)15(18)19/h2-8,17H,1H3,(H,18,19). The molecule has 0 radical (unpaired) electrons. The van der Waals surface area contributed by atoms with Crippen molar-refractivity contribution in [2.24, 2.45) is 0 Å². The van der Waals surface area contributed by atoms with Gasteiger partial charge in [0, 0.05) is 10.6 Å². The highest BCUT2D eigenvalue weighted by Gasteiger charge is 2.08. The number of benzene rings is 2. The van der Waals surface area contributed by atoms with Crippen molar-refractivity contribution in [1.29, 1.82) is 5.26 Å². The lowest BCUT2D eigenvalue weighted by Crippen LogP contribution is -1.99. The first-order valence-electron chi connectivity index (χ1n) is 5.83. The largest absolute Gasteiger partial charge is 0.478 e. The van der Waals surface area contributed by atoms with Crippen LogP contribution in [0.15, 0.2) is 47.4 Å². The zero-order chi connectivity index (χ0) is 14.5. The van der Waals surface area contributed by atoms with E-state index in [1.54, 1.807) is 18.2 Å². The van der Waals surface area contributed by atoms with Crippen LogP contribution in [0.5, 0.6) is 0 Å². The van der Waals surface area contributed by atoms with E-state index in [1.807, 2.05) is 18.4 Å². The van der Waals surface area contributed by atoms with Gasteiger partial charge in [-0.3, -0.25) is 0 Å². The number of hydrogen-bond acceptors (Lipinski definition) is 4. The summed E-state index contributed by atoms with van der Waals surface area (Å²) in [6.45, 7) is 0. The average molecular weight is 284 g/mol. The number of carbonyl (C=O) groups is 1. The third-order valence-electron chi connectivity index (χ3n) is 2.75. The number of rotatable bonds is 4. The Hall–Kier alpha value is -2.45. The van der Waals surface area contributed by atoms with Crippen molar-refractivity contribution in [3.8, 4) is 6.07 Å². The molecule has 0 aliphatic rings. The van der Waals surface area contributed by atoms with Crippen LogP contribution in [-0.2, 0) is 0 Å². The van der Waals surface area contributed by atoms with E-state index in [-0.39, 0.29) is 5.56 Å². The number of nitrogens with one attached hydrogen (secondary N) is 1. The number of hydrogen-bond donors (Lipinski definition) is 2. The number of aromatic carboxylic acids is 1. The molecule has 2 N–H and O–H groups in total. The molecule has 2 aromatic rings. The van der Waals surface area contributed by atoms with E-state index in [9.17, 15) is 10.1 Å². The van der Waals surface area contributed by atoms with Crippen LogP contribution >= 0.6 is 11.8 Å². The summed E-state index contributed by atoms with van der Waals surface area (Å²) < 4.78 is 0. The lowest BCUT2D eigenvalue weighted by molar-refractivity contribution is 0.0697. The molecule has 0 heterocycles. The van der Waals surface area contributed by atoms with Gasteiger partial charge in [-0.15, -0.1) is 11.8 Å². The second kappa shape index (κ2) is 6.13. The van der Waals surface area contributed by atoms with Crippen molar-refractivity contribution in [2.75, 3.05) is 11.6 Å². The minimum atomic E-state index is -0.980. The van der Waals surface area contributed by atoms with E-state index in [1.165, 1.54) is 23.9 Å². The molecule has 0 saturated heterocycles. The SMILES string of the molecule is CSc1cccc(Nc2cccc(C(=O)O)c2)c1C#N. The molecule has 0 aromatic heterocycles. The average Bonchev–Trinajstić information content (AvgIpc) is 2.47. The highest BCUT2D eigenvalue weighted by molar-refractivity contribution is 7.98. The monoisotopic (exact) mass is 284 g/mol. The van der Waals surface area contributed by atoms with Crippen LogP contribution < -0.4 is 5.32 Å². The quantitative estimate of drug-likeness (QED) is 0.837. The second-order valence-electron chi connectivity index (χ2n) is 4.01. The van der Waals surface area contributed by atoms with Crippen molar-refractivity contribution >= 4 is 29.1 Å². The van der Waals surface area contributed by atoms with Gasteiger partial charge in [-0.1, -0.05) is 12.1 Å². The molecule has 0 saturated carbocycles. The van der Waals surface area contributed by atoms with Crippen molar-refractivity contribution in [2.45, 2.75) is 4.90 Å². The predicted molar refractivity (Wildman–Crippen MR) is 79.6 cm³/mol. The zero-order valence-corrected chi connectivity index (χ0v) is 11.6. The summed E-state index contributed by atoms with van der Waals surface area (Å²) in [5.74, 6) is -0.980. The van der Waals surface area contributed by atoms with Gasteiger partial charge in [0.2, 0.25) is 0 Å². The summed E-state index contributed by atoms with van der Waals surface area (Å²) in [5, 5.41) is 21.3. The molecule has 5 heteroatoms. The number of anilines is 2. The Morgan fingerprint density at radius 2 is 2.05 bits per heavy atom. The minimum absolute atomic E-state index is 0.203. The Labute approximate surface area is 121 Å². The number of thioether (sulfide) groups is 1. The Bertz CT molecular complexity index is 693. The molecule has 2 rings (SSSR count). The van der Waals surface area contributed by atoms with Crippen LogP contribution in [0, 0.1) is 11.3 Å². The lowest BCUT2D eigenvalue weighted by atomic mass is 10.1. The molecule has 0 bridgehead atoms. The van der Waals surface area contributed by atoms with Gasteiger partial charge in [-0.2, -0.15) is 5.26 Å².